The van der Waals surface area contributed by atoms with Gasteiger partial charge in [0.1, 0.15) is 11.9 Å². The maximum atomic E-state index is 13.3. The van der Waals surface area contributed by atoms with Crippen LogP contribution in [0, 0.1) is 22.7 Å². The number of benzene rings is 2. The molecule has 0 spiro atoms. The summed E-state index contributed by atoms with van der Waals surface area (Å²) in [6.45, 7) is 5.15. The van der Waals surface area contributed by atoms with Crippen molar-refractivity contribution in [2.45, 2.75) is 44.4 Å². The van der Waals surface area contributed by atoms with Crippen molar-refractivity contribution in [3.05, 3.63) is 89.1 Å². The van der Waals surface area contributed by atoms with E-state index in [1.165, 1.54) is 5.56 Å². The Balaban J connectivity index is 1.09. The van der Waals surface area contributed by atoms with E-state index in [0.717, 1.165) is 63.2 Å². The fraction of sp³-hybridized carbons (Fsp3) is 0.387. The number of hydrogen-bond donors (Lipinski definition) is 0. The van der Waals surface area contributed by atoms with Crippen LogP contribution in [-0.2, 0) is 11.3 Å². The van der Waals surface area contributed by atoms with Gasteiger partial charge in [-0.3, -0.25) is 9.69 Å². The standard InChI is InChI=1S/C31H33N5O2/c32-20-24-3-5-26(6-4-24)22-34-16-11-28(12-17-34)36-15-1-2-27(23-36)31(37)35-18-13-30(14-19-35)38-29-9-7-25(21-33)8-10-29/h1-10,23,28,30H,11-19,22H2. The topological polar surface area (TPSA) is 83.6 Å². The lowest BCUT2D eigenvalue weighted by Crippen LogP contribution is -2.45. The number of amides is 1. The molecule has 0 bridgehead atoms. The SMILES string of the molecule is N#Cc1ccc(CN2CCC(N3C=C(C(=O)N4CCC(Oc5ccc(C#N)cc5)CC4)C=CC3)CC2)cc1. The predicted octanol–water partition coefficient (Wildman–Crippen LogP) is 4.22. The summed E-state index contributed by atoms with van der Waals surface area (Å²) < 4.78 is 6.08. The van der Waals surface area contributed by atoms with Gasteiger partial charge in [-0.1, -0.05) is 24.3 Å². The molecule has 0 radical (unpaired) electrons. The van der Waals surface area contributed by atoms with Crippen LogP contribution in [0.2, 0.25) is 0 Å². The fourth-order valence-electron chi connectivity index (χ4n) is 5.47. The smallest absolute Gasteiger partial charge is 0.255 e. The second-order valence-electron chi connectivity index (χ2n) is 10.2. The van der Waals surface area contributed by atoms with Gasteiger partial charge in [-0.15, -0.1) is 0 Å². The number of nitriles is 2. The van der Waals surface area contributed by atoms with Crippen molar-refractivity contribution >= 4 is 5.91 Å². The lowest BCUT2D eigenvalue weighted by Gasteiger charge is -2.39. The van der Waals surface area contributed by atoms with Gasteiger partial charge in [0.2, 0.25) is 0 Å². The van der Waals surface area contributed by atoms with Crippen molar-refractivity contribution < 1.29 is 9.53 Å². The van der Waals surface area contributed by atoms with Crippen molar-refractivity contribution in [1.82, 2.24) is 14.7 Å². The molecule has 194 valence electrons. The zero-order chi connectivity index (χ0) is 26.3. The van der Waals surface area contributed by atoms with Crippen LogP contribution in [-0.4, -0.2) is 65.5 Å². The minimum Gasteiger partial charge on any atom is -0.490 e. The van der Waals surface area contributed by atoms with E-state index in [-0.39, 0.29) is 12.0 Å². The molecule has 2 aromatic carbocycles. The molecule has 0 atom stereocenters. The van der Waals surface area contributed by atoms with Gasteiger partial charge in [0, 0.05) is 64.4 Å². The third kappa shape index (κ3) is 6.25. The summed E-state index contributed by atoms with van der Waals surface area (Å²) in [4.78, 5) is 20.1. The van der Waals surface area contributed by atoms with E-state index in [2.05, 4.69) is 34.2 Å². The molecular formula is C31H33N5O2. The summed E-state index contributed by atoms with van der Waals surface area (Å²) >= 11 is 0. The minimum absolute atomic E-state index is 0.0776. The molecule has 0 aliphatic carbocycles. The van der Waals surface area contributed by atoms with Gasteiger partial charge in [-0.2, -0.15) is 10.5 Å². The fourth-order valence-corrected chi connectivity index (χ4v) is 5.47. The van der Waals surface area contributed by atoms with Crippen LogP contribution >= 0.6 is 0 Å². The molecule has 2 saturated heterocycles. The zero-order valence-electron chi connectivity index (χ0n) is 21.6. The van der Waals surface area contributed by atoms with Gasteiger partial charge in [0.05, 0.1) is 28.8 Å². The maximum absolute atomic E-state index is 13.3. The number of rotatable bonds is 6. The molecule has 2 aromatic rings. The summed E-state index contributed by atoms with van der Waals surface area (Å²) in [5.74, 6) is 0.867. The third-order valence-electron chi connectivity index (χ3n) is 7.70. The maximum Gasteiger partial charge on any atom is 0.255 e. The predicted molar refractivity (Wildman–Crippen MR) is 145 cm³/mol. The first-order valence-corrected chi connectivity index (χ1v) is 13.4. The second-order valence-corrected chi connectivity index (χ2v) is 10.2. The molecule has 38 heavy (non-hydrogen) atoms. The summed E-state index contributed by atoms with van der Waals surface area (Å²) in [7, 11) is 0. The van der Waals surface area contributed by atoms with Gasteiger partial charge in [0.25, 0.3) is 5.91 Å². The lowest BCUT2D eigenvalue weighted by molar-refractivity contribution is -0.128. The molecule has 3 aliphatic heterocycles. The molecule has 7 nitrogen and oxygen atoms in total. The first kappa shape index (κ1) is 25.6. The zero-order valence-corrected chi connectivity index (χ0v) is 21.6. The highest BCUT2D eigenvalue weighted by atomic mass is 16.5. The van der Waals surface area contributed by atoms with Crippen LogP contribution in [0.5, 0.6) is 5.75 Å². The molecule has 0 unspecified atom stereocenters. The monoisotopic (exact) mass is 507 g/mol. The number of likely N-dealkylation sites (tertiary alicyclic amines) is 2. The van der Waals surface area contributed by atoms with Crippen LogP contribution < -0.4 is 4.74 Å². The van der Waals surface area contributed by atoms with Crippen molar-refractivity contribution in [3.63, 3.8) is 0 Å². The van der Waals surface area contributed by atoms with Gasteiger partial charge in [0.15, 0.2) is 0 Å². The Morgan fingerprint density at radius 1 is 0.868 bits per heavy atom. The molecular weight excluding hydrogens is 474 g/mol. The minimum atomic E-state index is 0.0776. The highest BCUT2D eigenvalue weighted by Gasteiger charge is 2.28. The van der Waals surface area contributed by atoms with Crippen molar-refractivity contribution in [1.29, 1.82) is 10.5 Å². The number of hydrogen-bond acceptors (Lipinski definition) is 6. The number of piperidine rings is 2. The van der Waals surface area contributed by atoms with Gasteiger partial charge < -0.3 is 14.5 Å². The molecule has 3 heterocycles. The molecule has 0 N–H and O–H groups in total. The highest BCUT2D eigenvalue weighted by Crippen LogP contribution is 2.24. The van der Waals surface area contributed by atoms with Crippen LogP contribution in [0.1, 0.15) is 42.4 Å². The van der Waals surface area contributed by atoms with Gasteiger partial charge in [-0.05, 0) is 54.8 Å². The van der Waals surface area contributed by atoms with E-state index < -0.39 is 0 Å². The summed E-state index contributed by atoms with van der Waals surface area (Å²) in [5.41, 5.74) is 3.32. The Labute approximate surface area is 224 Å². The average Bonchev–Trinajstić information content (AvgIpc) is 2.98. The van der Waals surface area contributed by atoms with Crippen molar-refractivity contribution in [2.75, 3.05) is 32.7 Å². The van der Waals surface area contributed by atoms with E-state index in [1.54, 1.807) is 12.1 Å². The van der Waals surface area contributed by atoms with Gasteiger partial charge >= 0.3 is 0 Å². The molecule has 3 aliphatic rings. The number of carbonyl (C=O) groups excluding carboxylic acids is 1. The second kappa shape index (κ2) is 12.0. The third-order valence-corrected chi connectivity index (χ3v) is 7.70. The van der Waals surface area contributed by atoms with Crippen molar-refractivity contribution in [3.8, 4) is 17.9 Å². The van der Waals surface area contributed by atoms with E-state index in [9.17, 15) is 4.79 Å². The molecule has 7 heteroatoms. The van der Waals surface area contributed by atoms with E-state index in [4.69, 9.17) is 15.3 Å². The molecule has 0 saturated carbocycles. The van der Waals surface area contributed by atoms with Crippen LogP contribution in [0.3, 0.4) is 0 Å². The Hall–Kier alpha value is -4.07. The van der Waals surface area contributed by atoms with E-state index >= 15 is 0 Å². The molecule has 5 rings (SSSR count). The Kier molecular flexibility index (Phi) is 8.06. The first-order chi connectivity index (χ1) is 18.6. The first-order valence-electron chi connectivity index (χ1n) is 13.4. The molecule has 1 amide bonds. The summed E-state index contributed by atoms with van der Waals surface area (Å²) in [6.07, 6.45) is 9.96. The number of carbonyl (C=O) groups is 1. The molecule has 0 aromatic heterocycles. The number of nitrogens with zero attached hydrogens (tertiary/aromatic N) is 5. The largest absolute Gasteiger partial charge is 0.490 e. The lowest BCUT2D eigenvalue weighted by atomic mass is 10.0. The quantitative estimate of drug-likeness (QED) is 0.582. The Morgan fingerprint density at radius 2 is 1.50 bits per heavy atom. The number of ether oxygens (including phenoxy) is 1. The highest BCUT2D eigenvalue weighted by molar-refractivity contribution is 5.96. The summed E-state index contributed by atoms with van der Waals surface area (Å²) in [6, 6.07) is 19.8. The Bertz CT molecular complexity index is 1250. The average molecular weight is 508 g/mol. The summed E-state index contributed by atoms with van der Waals surface area (Å²) in [5, 5.41) is 17.9. The molecule has 2 fully saturated rings. The Morgan fingerprint density at radius 3 is 2.13 bits per heavy atom. The van der Waals surface area contributed by atoms with E-state index in [0.29, 0.717) is 30.3 Å². The van der Waals surface area contributed by atoms with Gasteiger partial charge in [-0.25, -0.2) is 0 Å². The van der Waals surface area contributed by atoms with Crippen LogP contribution in [0.15, 0.2) is 72.5 Å². The van der Waals surface area contributed by atoms with Crippen LogP contribution in [0.25, 0.3) is 0 Å². The van der Waals surface area contributed by atoms with E-state index in [1.807, 2.05) is 47.4 Å². The van der Waals surface area contributed by atoms with Crippen LogP contribution in [0.4, 0.5) is 0 Å². The van der Waals surface area contributed by atoms with Crippen molar-refractivity contribution in [2.24, 2.45) is 0 Å². The normalized spacial score (nSPS) is 18.9.